The van der Waals surface area contributed by atoms with Gasteiger partial charge in [-0.15, -0.1) is 0 Å². The lowest BCUT2D eigenvalue weighted by Gasteiger charge is -2.43. The molecule has 3 heterocycles. The summed E-state index contributed by atoms with van der Waals surface area (Å²) < 4.78 is 19.5. The molecule has 37 heavy (non-hydrogen) atoms. The van der Waals surface area contributed by atoms with E-state index < -0.39 is 0 Å². The van der Waals surface area contributed by atoms with Crippen LogP contribution < -0.4 is 9.64 Å². The lowest BCUT2D eigenvalue weighted by Crippen LogP contribution is -2.51. The minimum Gasteiger partial charge on any atom is -0.470 e. The van der Waals surface area contributed by atoms with Crippen molar-refractivity contribution in [1.29, 1.82) is 0 Å². The predicted octanol–water partition coefficient (Wildman–Crippen LogP) is 4.41. The highest BCUT2D eigenvalue weighted by Gasteiger charge is 2.33. The third-order valence-electron chi connectivity index (χ3n) is 7.10. The van der Waals surface area contributed by atoms with Crippen molar-refractivity contribution >= 4 is 17.6 Å². The lowest BCUT2D eigenvalue weighted by atomic mass is 10.1. The summed E-state index contributed by atoms with van der Waals surface area (Å²) in [5.74, 6) is 0.544. The quantitative estimate of drug-likeness (QED) is 0.424. The second-order valence-corrected chi connectivity index (χ2v) is 9.47. The molecule has 0 N–H and O–H groups in total. The maximum absolute atomic E-state index is 12.5. The Morgan fingerprint density at radius 1 is 0.946 bits per heavy atom. The highest BCUT2D eigenvalue weighted by atomic mass is 16.5. The molecule has 2 aromatic carbocycles. The zero-order valence-electron chi connectivity index (χ0n) is 21.3. The molecule has 0 aliphatic carbocycles. The Hall–Kier alpha value is -3.78. The Labute approximate surface area is 217 Å². The molecule has 1 aromatic heterocycles. The summed E-state index contributed by atoms with van der Waals surface area (Å²) in [6.45, 7) is 4.46. The van der Waals surface area contributed by atoms with E-state index in [1.165, 1.54) is 7.11 Å². The highest BCUT2D eigenvalue weighted by Crippen LogP contribution is 2.35. The van der Waals surface area contributed by atoms with Gasteiger partial charge in [-0.2, -0.15) is 0 Å². The van der Waals surface area contributed by atoms with Crippen molar-refractivity contribution in [2.45, 2.75) is 45.1 Å². The van der Waals surface area contributed by atoms with Crippen molar-refractivity contribution in [2.24, 2.45) is 0 Å². The number of rotatable bonds is 8. The van der Waals surface area contributed by atoms with Gasteiger partial charge in [-0.3, -0.25) is 4.79 Å². The van der Waals surface area contributed by atoms with Gasteiger partial charge < -0.3 is 28.6 Å². The van der Waals surface area contributed by atoms with E-state index in [9.17, 15) is 9.59 Å². The summed E-state index contributed by atoms with van der Waals surface area (Å²) in [4.78, 5) is 28.1. The smallest absolute Gasteiger partial charge is 0.340 e. The maximum atomic E-state index is 12.5. The van der Waals surface area contributed by atoms with Gasteiger partial charge in [0.05, 0.1) is 36.8 Å². The third-order valence-corrected chi connectivity index (χ3v) is 7.10. The number of amides is 1. The lowest BCUT2D eigenvalue weighted by molar-refractivity contribution is -0.131. The molecule has 0 bridgehead atoms. The van der Waals surface area contributed by atoms with Gasteiger partial charge in [0, 0.05) is 45.4 Å². The molecule has 8 nitrogen and oxygen atoms in total. The average molecular weight is 504 g/mol. The van der Waals surface area contributed by atoms with Crippen molar-refractivity contribution in [1.82, 2.24) is 9.47 Å². The van der Waals surface area contributed by atoms with Gasteiger partial charge in [0.1, 0.15) is 5.75 Å². The highest BCUT2D eigenvalue weighted by molar-refractivity contribution is 5.96. The molecule has 5 rings (SSSR count). The summed E-state index contributed by atoms with van der Waals surface area (Å²) in [7, 11) is 1.40. The van der Waals surface area contributed by atoms with E-state index in [1.807, 2.05) is 70.4 Å². The Balaban J connectivity index is 1.26. The molecule has 0 radical (unpaired) electrons. The molecule has 2 aliphatic heterocycles. The molecular formula is C29H33N3O5. The van der Waals surface area contributed by atoms with Crippen molar-refractivity contribution < 1.29 is 23.8 Å². The zero-order chi connectivity index (χ0) is 25.8. The summed E-state index contributed by atoms with van der Waals surface area (Å²) in [6.07, 6.45) is 6.47. The number of carbonyl (C=O) groups excluding carboxylic acids is 2. The number of para-hydroxylation sites is 1. The second kappa shape index (κ2) is 11.1. The first-order valence-electron chi connectivity index (χ1n) is 12.8. The summed E-state index contributed by atoms with van der Waals surface area (Å²) >= 11 is 0. The minimum absolute atomic E-state index is 0.130. The molecule has 2 aliphatic rings. The molecule has 194 valence electrons. The normalized spacial score (nSPS) is 17.8. The number of ether oxygens (including phenoxy) is 3. The van der Waals surface area contributed by atoms with Crippen LogP contribution in [0.25, 0.3) is 5.69 Å². The second-order valence-electron chi connectivity index (χ2n) is 9.47. The number of hydrogen-bond donors (Lipinski definition) is 0. The van der Waals surface area contributed by atoms with Gasteiger partial charge in [0.25, 0.3) is 0 Å². The summed E-state index contributed by atoms with van der Waals surface area (Å²) in [6, 6.07) is 17.6. The SMILES string of the molecule is COC(=O)c1cccc(N2CCC2Oc2cccc(COC3CCN(C(C)=O)CC3)c2)c1-n1cccc1. The number of benzene rings is 2. The van der Waals surface area contributed by atoms with E-state index in [2.05, 4.69) is 4.90 Å². The third kappa shape index (κ3) is 5.49. The van der Waals surface area contributed by atoms with Crippen LogP contribution in [0, 0.1) is 0 Å². The molecule has 1 atom stereocenters. The van der Waals surface area contributed by atoms with Gasteiger partial charge in [-0.25, -0.2) is 4.79 Å². The van der Waals surface area contributed by atoms with Crippen molar-refractivity contribution in [3.63, 3.8) is 0 Å². The molecule has 8 heteroatoms. The zero-order valence-corrected chi connectivity index (χ0v) is 21.3. The van der Waals surface area contributed by atoms with Crippen molar-refractivity contribution in [3.8, 4) is 11.4 Å². The van der Waals surface area contributed by atoms with Crippen LogP contribution in [0.15, 0.2) is 67.0 Å². The monoisotopic (exact) mass is 503 g/mol. The van der Waals surface area contributed by atoms with Gasteiger partial charge in [0.2, 0.25) is 5.91 Å². The van der Waals surface area contributed by atoms with Crippen LogP contribution in [0.5, 0.6) is 5.75 Å². The van der Waals surface area contributed by atoms with E-state index in [1.54, 1.807) is 13.0 Å². The Morgan fingerprint density at radius 2 is 1.70 bits per heavy atom. The van der Waals surface area contributed by atoms with E-state index in [-0.39, 0.29) is 24.2 Å². The van der Waals surface area contributed by atoms with Crippen LogP contribution in [0.3, 0.4) is 0 Å². The molecule has 2 fully saturated rings. The van der Waals surface area contributed by atoms with E-state index >= 15 is 0 Å². The molecule has 3 aromatic rings. The fourth-order valence-corrected chi connectivity index (χ4v) is 4.97. The van der Waals surface area contributed by atoms with Crippen LogP contribution in [-0.2, 0) is 20.9 Å². The fourth-order valence-electron chi connectivity index (χ4n) is 4.97. The number of esters is 1. The van der Waals surface area contributed by atoms with Gasteiger partial charge in [-0.05, 0) is 54.8 Å². The number of aromatic nitrogens is 1. The van der Waals surface area contributed by atoms with Crippen LogP contribution in [0.4, 0.5) is 5.69 Å². The van der Waals surface area contributed by atoms with Gasteiger partial charge >= 0.3 is 5.97 Å². The van der Waals surface area contributed by atoms with Crippen molar-refractivity contribution in [2.75, 3.05) is 31.6 Å². The van der Waals surface area contributed by atoms with Crippen LogP contribution in [0.2, 0.25) is 0 Å². The van der Waals surface area contributed by atoms with Crippen LogP contribution in [-0.4, -0.2) is 60.4 Å². The summed E-state index contributed by atoms with van der Waals surface area (Å²) in [5, 5.41) is 0. The standard InChI is InChI=1S/C29H33N3O5/c1-21(33)30-16-11-23(12-17-30)36-20-22-7-5-8-24(19-22)37-27-13-18-32(27)26-10-6-9-25(29(34)35-2)28(26)31-14-3-4-15-31/h3-10,14-15,19,23,27H,11-13,16-18,20H2,1-2H3. The van der Waals surface area contributed by atoms with Gasteiger partial charge in [-0.1, -0.05) is 18.2 Å². The average Bonchev–Trinajstić information content (AvgIpc) is 3.44. The number of piperidine rings is 1. The van der Waals surface area contributed by atoms with E-state index in [0.29, 0.717) is 12.2 Å². The first kappa shape index (κ1) is 24.9. The Kier molecular flexibility index (Phi) is 7.46. The number of anilines is 1. The number of hydrogen-bond acceptors (Lipinski definition) is 6. The van der Waals surface area contributed by atoms with Crippen molar-refractivity contribution in [3.05, 3.63) is 78.1 Å². The number of carbonyl (C=O) groups is 2. The minimum atomic E-state index is -0.372. The first-order chi connectivity index (χ1) is 18.0. The number of nitrogens with zero attached hydrogens (tertiary/aromatic N) is 3. The largest absolute Gasteiger partial charge is 0.470 e. The maximum Gasteiger partial charge on any atom is 0.340 e. The molecule has 2 saturated heterocycles. The fraction of sp³-hybridized carbons (Fsp3) is 0.379. The molecule has 0 spiro atoms. The number of methoxy groups -OCH3 is 1. The molecule has 0 saturated carbocycles. The van der Waals surface area contributed by atoms with E-state index in [0.717, 1.165) is 61.6 Å². The van der Waals surface area contributed by atoms with Gasteiger partial charge in [0.15, 0.2) is 6.23 Å². The Bertz CT molecular complexity index is 1230. The predicted molar refractivity (Wildman–Crippen MR) is 140 cm³/mol. The topological polar surface area (TPSA) is 73.2 Å². The number of likely N-dealkylation sites (tertiary alicyclic amines) is 1. The van der Waals surface area contributed by atoms with Crippen LogP contribution >= 0.6 is 0 Å². The van der Waals surface area contributed by atoms with Crippen LogP contribution in [0.1, 0.15) is 42.1 Å². The Morgan fingerprint density at radius 3 is 2.38 bits per heavy atom. The molecular weight excluding hydrogens is 470 g/mol. The molecule has 1 amide bonds. The summed E-state index contributed by atoms with van der Waals surface area (Å²) in [5.41, 5.74) is 3.27. The van der Waals surface area contributed by atoms with E-state index in [4.69, 9.17) is 14.2 Å². The first-order valence-corrected chi connectivity index (χ1v) is 12.8. The molecule has 1 unspecified atom stereocenters.